The Kier molecular flexibility index (Phi) is 6.28. The lowest BCUT2D eigenvalue weighted by atomic mass is 10.3. The van der Waals surface area contributed by atoms with Gasteiger partial charge in [-0.1, -0.05) is 23.2 Å². The van der Waals surface area contributed by atoms with E-state index in [1.54, 1.807) is 49.8 Å². The third-order valence-electron chi connectivity index (χ3n) is 3.73. The lowest BCUT2D eigenvalue weighted by Crippen LogP contribution is -2.33. The van der Waals surface area contributed by atoms with Gasteiger partial charge in [0.05, 0.1) is 16.2 Å². The van der Waals surface area contributed by atoms with Crippen LogP contribution < -0.4 is 15.0 Å². The monoisotopic (exact) mass is 416 g/mol. The summed E-state index contributed by atoms with van der Waals surface area (Å²) in [6.45, 7) is 1.86. The Morgan fingerprint density at radius 3 is 2.64 bits per heavy atom. The van der Waals surface area contributed by atoms with Gasteiger partial charge in [0, 0.05) is 37.7 Å². The average Bonchev–Trinajstić information content (AvgIpc) is 2.68. The molecular formula is C19H18Cl2N6O. The first-order valence-corrected chi connectivity index (χ1v) is 9.08. The maximum atomic E-state index is 6.12. The first-order chi connectivity index (χ1) is 13.5. The lowest BCUT2D eigenvalue weighted by molar-refractivity contribution is 0.459. The van der Waals surface area contributed by atoms with Crippen LogP contribution in [0.1, 0.15) is 5.69 Å². The van der Waals surface area contributed by atoms with Crippen LogP contribution in [0.15, 0.2) is 53.8 Å². The highest BCUT2D eigenvalue weighted by atomic mass is 35.5. The van der Waals surface area contributed by atoms with E-state index in [0.29, 0.717) is 33.6 Å². The van der Waals surface area contributed by atoms with E-state index >= 15 is 0 Å². The van der Waals surface area contributed by atoms with Gasteiger partial charge in [0.25, 0.3) is 0 Å². The first kappa shape index (κ1) is 19.9. The van der Waals surface area contributed by atoms with E-state index in [1.165, 1.54) is 0 Å². The molecule has 9 heteroatoms. The number of hydrogen-bond donors (Lipinski definition) is 1. The minimum Gasteiger partial charge on any atom is -0.437 e. The molecule has 0 atom stereocenters. The summed E-state index contributed by atoms with van der Waals surface area (Å²) in [6.07, 6.45) is 3.29. The summed E-state index contributed by atoms with van der Waals surface area (Å²) >= 11 is 12.1. The van der Waals surface area contributed by atoms with Crippen LogP contribution >= 0.6 is 23.2 Å². The number of rotatable bonds is 4. The molecule has 0 fully saturated rings. The second-order valence-corrected chi connectivity index (χ2v) is 6.61. The predicted octanol–water partition coefficient (Wildman–Crippen LogP) is 4.81. The van der Waals surface area contributed by atoms with Crippen molar-refractivity contribution in [3.8, 4) is 11.6 Å². The van der Waals surface area contributed by atoms with Crippen molar-refractivity contribution in [2.24, 2.45) is 4.99 Å². The number of anilines is 2. The summed E-state index contributed by atoms with van der Waals surface area (Å²) in [5, 5.41) is 4.06. The molecule has 0 bridgehead atoms. The van der Waals surface area contributed by atoms with Gasteiger partial charge >= 0.3 is 0 Å². The zero-order valence-corrected chi connectivity index (χ0v) is 17.0. The highest BCUT2D eigenvalue weighted by molar-refractivity contribution is 6.42. The summed E-state index contributed by atoms with van der Waals surface area (Å²) < 4.78 is 5.75. The molecule has 0 unspecified atom stereocenters. The summed E-state index contributed by atoms with van der Waals surface area (Å²) in [4.78, 5) is 18.9. The van der Waals surface area contributed by atoms with Gasteiger partial charge < -0.3 is 9.64 Å². The van der Waals surface area contributed by atoms with Crippen molar-refractivity contribution in [3.63, 3.8) is 0 Å². The highest BCUT2D eigenvalue weighted by Crippen LogP contribution is 2.27. The quantitative estimate of drug-likeness (QED) is 0.485. The maximum absolute atomic E-state index is 6.12. The van der Waals surface area contributed by atoms with Gasteiger partial charge in [0.15, 0.2) is 0 Å². The molecule has 0 aliphatic rings. The van der Waals surface area contributed by atoms with Crippen LogP contribution in [0.3, 0.4) is 0 Å². The predicted molar refractivity (Wildman–Crippen MR) is 113 cm³/mol. The summed E-state index contributed by atoms with van der Waals surface area (Å²) in [5.74, 6) is 1.86. The van der Waals surface area contributed by atoms with Crippen LogP contribution in [-0.2, 0) is 0 Å². The van der Waals surface area contributed by atoms with Gasteiger partial charge in [0.2, 0.25) is 17.8 Å². The largest absolute Gasteiger partial charge is 0.437 e. The molecule has 7 nitrogen and oxygen atoms in total. The average molecular weight is 417 g/mol. The molecule has 2 heterocycles. The standard InChI is InChI=1S/C19H18Cl2N6O/c1-12-9-17(28-14-5-4-8-23-11-14)25-18(24-12)26-19(22-2)27(3)13-6-7-15(20)16(21)10-13/h4-11H,1-3H3,(H,22,24,25,26). The zero-order valence-electron chi connectivity index (χ0n) is 15.5. The number of ether oxygens (including phenoxy) is 1. The van der Waals surface area contributed by atoms with Crippen molar-refractivity contribution < 1.29 is 4.74 Å². The molecule has 0 aliphatic carbocycles. The minimum absolute atomic E-state index is 0.353. The molecule has 28 heavy (non-hydrogen) atoms. The molecule has 2 aromatic heterocycles. The molecule has 144 valence electrons. The van der Waals surface area contributed by atoms with E-state index in [1.807, 2.05) is 24.9 Å². The van der Waals surface area contributed by atoms with Crippen LogP contribution in [0.2, 0.25) is 10.0 Å². The molecule has 0 amide bonds. The van der Waals surface area contributed by atoms with Crippen molar-refractivity contribution in [2.75, 3.05) is 24.3 Å². The van der Waals surface area contributed by atoms with Gasteiger partial charge in [-0.3, -0.25) is 15.3 Å². The Labute approximate surface area is 173 Å². The number of guanidine groups is 1. The van der Waals surface area contributed by atoms with E-state index in [4.69, 9.17) is 27.9 Å². The van der Waals surface area contributed by atoms with Crippen LogP contribution in [0, 0.1) is 6.92 Å². The number of aromatic nitrogens is 3. The van der Waals surface area contributed by atoms with Crippen molar-refractivity contribution in [1.82, 2.24) is 15.0 Å². The fourth-order valence-corrected chi connectivity index (χ4v) is 2.67. The smallest absolute Gasteiger partial charge is 0.233 e. The van der Waals surface area contributed by atoms with Gasteiger partial charge in [-0.25, -0.2) is 4.98 Å². The fraction of sp³-hybridized carbons (Fsp3) is 0.158. The Morgan fingerprint density at radius 2 is 1.96 bits per heavy atom. The van der Waals surface area contributed by atoms with Gasteiger partial charge in [-0.2, -0.15) is 4.98 Å². The Bertz CT molecular complexity index is 997. The molecular weight excluding hydrogens is 399 g/mol. The molecule has 0 saturated heterocycles. The van der Waals surface area contributed by atoms with Gasteiger partial charge in [-0.05, 0) is 37.3 Å². The number of halogens is 2. The van der Waals surface area contributed by atoms with Crippen LogP contribution in [0.5, 0.6) is 11.6 Å². The van der Waals surface area contributed by atoms with E-state index in [0.717, 1.165) is 11.4 Å². The van der Waals surface area contributed by atoms with E-state index in [2.05, 4.69) is 25.3 Å². The second kappa shape index (κ2) is 8.86. The van der Waals surface area contributed by atoms with Crippen molar-refractivity contribution in [1.29, 1.82) is 0 Å². The van der Waals surface area contributed by atoms with E-state index < -0.39 is 0 Å². The number of aliphatic imine (C=N–C) groups is 1. The Morgan fingerprint density at radius 1 is 1.14 bits per heavy atom. The van der Waals surface area contributed by atoms with E-state index in [9.17, 15) is 0 Å². The van der Waals surface area contributed by atoms with Crippen molar-refractivity contribution in [3.05, 3.63) is 64.5 Å². The van der Waals surface area contributed by atoms with Crippen LogP contribution in [0.4, 0.5) is 11.6 Å². The lowest BCUT2D eigenvalue weighted by Gasteiger charge is -2.22. The van der Waals surface area contributed by atoms with E-state index in [-0.39, 0.29) is 0 Å². The third kappa shape index (κ3) is 4.88. The molecule has 3 rings (SSSR count). The molecule has 0 spiro atoms. The normalized spacial score (nSPS) is 11.2. The second-order valence-electron chi connectivity index (χ2n) is 5.79. The van der Waals surface area contributed by atoms with Gasteiger partial charge in [0.1, 0.15) is 5.75 Å². The summed E-state index contributed by atoms with van der Waals surface area (Å²) in [7, 11) is 3.51. The van der Waals surface area contributed by atoms with Gasteiger partial charge in [-0.15, -0.1) is 0 Å². The Balaban J connectivity index is 1.81. The van der Waals surface area contributed by atoms with Crippen molar-refractivity contribution in [2.45, 2.75) is 6.92 Å². The number of aryl methyl sites for hydroxylation is 1. The molecule has 0 saturated carbocycles. The number of hydrogen-bond acceptors (Lipinski definition) is 5. The molecule has 1 N–H and O–H groups in total. The summed E-state index contributed by atoms with van der Waals surface area (Å²) in [5.41, 5.74) is 1.55. The number of nitrogens with one attached hydrogen (secondary N) is 1. The van der Waals surface area contributed by atoms with Crippen LogP contribution in [-0.4, -0.2) is 35.0 Å². The SMILES string of the molecule is C/N=C(\Nc1nc(C)cc(Oc2cccnc2)n1)N(C)c1ccc(Cl)c(Cl)c1. The third-order valence-corrected chi connectivity index (χ3v) is 4.47. The minimum atomic E-state index is 0.353. The fourth-order valence-electron chi connectivity index (χ4n) is 2.38. The number of benzene rings is 1. The number of pyridine rings is 1. The Hall–Kier alpha value is -2.90. The van der Waals surface area contributed by atoms with Crippen LogP contribution in [0.25, 0.3) is 0 Å². The molecule has 0 aliphatic heterocycles. The molecule has 1 aromatic carbocycles. The zero-order chi connectivity index (χ0) is 20.1. The molecule has 3 aromatic rings. The topological polar surface area (TPSA) is 75.5 Å². The summed E-state index contributed by atoms with van der Waals surface area (Å²) in [6, 6.07) is 10.7. The molecule has 0 radical (unpaired) electrons. The highest BCUT2D eigenvalue weighted by Gasteiger charge is 2.13. The first-order valence-electron chi connectivity index (χ1n) is 8.32. The maximum Gasteiger partial charge on any atom is 0.233 e. The van der Waals surface area contributed by atoms with Crippen molar-refractivity contribution >= 4 is 40.8 Å². The number of nitrogens with zero attached hydrogens (tertiary/aromatic N) is 5.